The molecule has 0 aliphatic heterocycles. The number of nitrogens with one attached hydrogen (secondary N) is 1. The summed E-state index contributed by atoms with van der Waals surface area (Å²) in [7, 11) is 0. The van der Waals surface area contributed by atoms with Gasteiger partial charge in [-0.1, -0.05) is 20.8 Å². The van der Waals surface area contributed by atoms with Gasteiger partial charge in [0, 0.05) is 11.3 Å². The van der Waals surface area contributed by atoms with Gasteiger partial charge in [0.2, 0.25) is 0 Å². The van der Waals surface area contributed by atoms with Crippen LogP contribution >= 0.6 is 11.3 Å². The van der Waals surface area contributed by atoms with Crippen LogP contribution in [0.4, 0.5) is 0 Å². The molecule has 5 heteroatoms. The third kappa shape index (κ3) is 3.51. The van der Waals surface area contributed by atoms with E-state index in [9.17, 15) is 9.90 Å². The zero-order valence-electron chi connectivity index (χ0n) is 10.8. The van der Waals surface area contributed by atoms with Crippen LogP contribution in [0.15, 0.2) is 5.38 Å². The molecule has 1 rings (SSSR count). The minimum atomic E-state index is -0.571. The summed E-state index contributed by atoms with van der Waals surface area (Å²) >= 11 is 1.49. The number of amides is 1. The highest BCUT2D eigenvalue weighted by Gasteiger charge is 2.25. The molecule has 0 spiro atoms. The van der Waals surface area contributed by atoms with Crippen LogP contribution in [0.3, 0.4) is 0 Å². The van der Waals surface area contributed by atoms with E-state index in [1.807, 2.05) is 27.7 Å². The van der Waals surface area contributed by atoms with E-state index in [2.05, 4.69) is 10.3 Å². The lowest BCUT2D eigenvalue weighted by Crippen LogP contribution is -2.48. The number of rotatable bonds is 5. The number of thiazole rings is 1. The molecule has 1 aromatic heterocycles. The average Bonchev–Trinajstić information content (AvgIpc) is 2.78. The van der Waals surface area contributed by atoms with E-state index in [0.717, 1.165) is 5.01 Å². The monoisotopic (exact) mass is 256 g/mol. The quantitative estimate of drug-likeness (QED) is 0.848. The molecule has 1 unspecified atom stereocenters. The van der Waals surface area contributed by atoms with Gasteiger partial charge in [-0.05, 0) is 13.3 Å². The number of carbonyl (C=O) groups is 1. The number of hydrogen-bond acceptors (Lipinski definition) is 4. The van der Waals surface area contributed by atoms with Crippen LogP contribution in [0.25, 0.3) is 0 Å². The zero-order chi connectivity index (χ0) is 13.1. The molecule has 2 N–H and O–H groups in total. The molecular weight excluding hydrogens is 236 g/mol. The number of aromatic nitrogens is 1. The molecule has 17 heavy (non-hydrogen) atoms. The predicted octanol–water partition coefficient (Wildman–Crippen LogP) is 2.16. The first-order valence-electron chi connectivity index (χ1n) is 5.80. The van der Waals surface area contributed by atoms with E-state index >= 15 is 0 Å². The standard InChI is InChI=1S/C12H20N2O2S/c1-5-12(4,7-15)14-10(16)9-6-17-11(13-9)8(2)3/h6,8,15H,5,7H2,1-4H3,(H,14,16). The molecule has 0 saturated heterocycles. The Balaban J connectivity index is 2.76. The SMILES string of the molecule is CCC(C)(CO)NC(=O)c1csc(C(C)C)n1. The van der Waals surface area contributed by atoms with Crippen molar-refractivity contribution in [2.24, 2.45) is 0 Å². The second-order valence-electron chi connectivity index (χ2n) is 4.75. The average molecular weight is 256 g/mol. The highest BCUT2D eigenvalue weighted by molar-refractivity contribution is 7.09. The minimum absolute atomic E-state index is 0.0730. The van der Waals surface area contributed by atoms with Gasteiger partial charge in [0.25, 0.3) is 5.91 Å². The van der Waals surface area contributed by atoms with Crippen molar-refractivity contribution in [3.63, 3.8) is 0 Å². The van der Waals surface area contributed by atoms with Gasteiger partial charge in [0.1, 0.15) is 5.69 Å². The summed E-state index contributed by atoms with van der Waals surface area (Å²) in [5.41, 5.74) is -0.134. The zero-order valence-corrected chi connectivity index (χ0v) is 11.6. The Morgan fingerprint density at radius 1 is 1.65 bits per heavy atom. The van der Waals surface area contributed by atoms with Crippen LogP contribution in [0.2, 0.25) is 0 Å². The maximum Gasteiger partial charge on any atom is 0.271 e. The maximum atomic E-state index is 11.9. The van der Waals surface area contributed by atoms with Crippen molar-refractivity contribution in [2.75, 3.05) is 6.61 Å². The summed E-state index contributed by atoms with van der Waals surface area (Å²) in [5.74, 6) is 0.114. The molecular formula is C12H20N2O2S. The van der Waals surface area contributed by atoms with Crippen molar-refractivity contribution in [1.29, 1.82) is 0 Å². The fourth-order valence-corrected chi connectivity index (χ4v) is 2.05. The lowest BCUT2D eigenvalue weighted by Gasteiger charge is -2.26. The van der Waals surface area contributed by atoms with Crippen LogP contribution in [-0.4, -0.2) is 28.1 Å². The second-order valence-corrected chi connectivity index (χ2v) is 5.64. The third-order valence-electron chi connectivity index (χ3n) is 2.79. The number of hydrogen-bond donors (Lipinski definition) is 2. The van der Waals surface area contributed by atoms with Crippen molar-refractivity contribution in [2.45, 2.75) is 45.6 Å². The first kappa shape index (κ1) is 14.1. The molecule has 0 saturated carbocycles. The van der Waals surface area contributed by atoms with E-state index in [1.54, 1.807) is 5.38 Å². The van der Waals surface area contributed by atoms with Crippen LogP contribution in [-0.2, 0) is 0 Å². The maximum absolute atomic E-state index is 11.9. The van der Waals surface area contributed by atoms with E-state index in [1.165, 1.54) is 11.3 Å². The molecule has 0 radical (unpaired) electrons. The molecule has 1 amide bonds. The summed E-state index contributed by atoms with van der Waals surface area (Å²) in [4.78, 5) is 16.2. The predicted molar refractivity (Wildman–Crippen MR) is 69.5 cm³/mol. The van der Waals surface area contributed by atoms with Crippen molar-refractivity contribution >= 4 is 17.2 Å². The fraction of sp³-hybridized carbons (Fsp3) is 0.667. The first-order chi connectivity index (χ1) is 7.91. The van der Waals surface area contributed by atoms with Gasteiger partial charge in [0.05, 0.1) is 17.2 Å². The summed E-state index contributed by atoms with van der Waals surface area (Å²) in [6.07, 6.45) is 0.677. The Morgan fingerprint density at radius 3 is 2.71 bits per heavy atom. The van der Waals surface area contributed by atoms with Gasteiger partial charge in [-0.15, -0.1) is 11.3 Å². The van der Waals surface area contributed by atoms with E-state index in [-0.39, 0.29) is 12.5 Å². The number of carbonyl (C=O) groups excluding carboxylic acids is 1. The summed E-state index contributed by atoms with van der Waals surface area (Å²) in [5, 5.41) is 14.8. The van der Waals surface area contributed by atoms with Gasteiger partial charge in [0.15, 0.2) is 0 Å². The molecule has 1 atom stereocenters. The Hall–Kier alpha value is -0.940. The minimum Gasteiger partial charge on any atom is -0.394 e. The second kappa shape index (κ2) is 5.60. The molecule has 1 aromatic rings. The van der Waals surface area contributed by atoms with Crippen molar-refractivity contribution < 1.29 is 9.90 Å². The molecule has 1 heterocycles. The van der Waals surface area contributed by atoms with E-state index < -0.39 is 5.54 Å². The van der Waals surface area contributed by atoms with Crippen LogP contribution < -0.4 is 5.32 Å². The molecule has 96 valence electrons. The van der Waals surface area contributed by atoms with Crippen LogP contribution in [0, 0.1) is 0 Å². The highest BCUT2D eigenvalue weighted by atomic mass is 32.1. The Morgan fingerprint density at radius 2 is 2.29 bits per heavy atom. The molecule has 0 bridgehead atoms. The van der Waals surface area contributed by atoms with Gasteiger partial charge >= 0.3 is 0 Å². The van der Waals surface area contributed by atoms with Crippen LogP contribution in [0.1, 0.15) is 55.5 Å². The van der Waals surface area contributed by atoms with Gasteiger partial charge < -0.3 is 10.4 Å². The summed E-state index contributed by atoms with van der Waals surface area (Å²) in [6, 6.07) is 0. The Labute approximate surface area is 106 Å². The normalized spacial score (nSPS) is 14.7. The smallest absolute Gasteiger partial charge is 0.271 e. The third-order valence-corrected chi connectivity index (χ3v) is 3.94. The summed E-state index contributed by atoms with van der Waals surface area (Å²) < 4.78 is 0. The topological polar surface area (TPSA) is 62.2 Å². The van der Waals surface area contributed by atoms with Crippen LogP contribution in [0.5, 0.6) is 0 Å². The van der Waals surface area contributed by atoms with Gasteiger partial charge in [-0.25, -0.2) is 4.98 Å². The Kier molecular flexibility index (Phi) is 4.65. The van der Waals surface area contributed by atoms with Crippen molar-refractivity contribution in [1.82, 2.24) is 10.3 Å². The molecule has 4 nitrogen and oxygen atoms in total. The lowest BCUT2D eigenvalue weighted by atomic mass is 10.0. The fourth-order valence-electron chi connectivity index (χ4n) is 1.23. The Bertz CT molecular complexity index is 384. The highest BCUT2D eigenvalue weighted by Crippen LogP contribution is 2.19. The number of aliphatic hydroxyl groups is 1. The van der Waals surface area contributed by atoms with E-state index in [0.29, 0.717) is 18.0 Å². The van der Waals surface area contributed by atoms with E-state index in [4.69, 9.17) is 0 Å². The molecule has 0 aliphatic rings. The van der Waals surface area contributed by atoms with Gasteiger partial charge in [-0.3, -0.25) is 4.79 Å². The lowest BCUT2D eigenvalue weighted by molar-refractivity contribution is 0.0843. The molecule has 0 fully saturated rings. The summed E-state index contributed by atoms with van der Waals surface area (Å²) in [6.45, 7) is 7.77. The van der Waals surface area contributed by atoms with Crippen molar-refractivity contribution in [3.8, 4) is 0 Å². The van der Waals surface area contributed by atoms with Crippen molar-refractivity contribution in [3.05, 3.63) is 16.1 Å². The molecule has 0 aromatic carbocycles. The first-order valence-corrected chi connectivity index (χ1v) is 6.68. The number of nitrogens with zero attached hydrogens (tertiary/aromatic N) is 1. The number of aliphatic hydroxyl groups excluding tert-OH is 1. The largest absolute Gasteiger partial charge is 0.394 e. The molecule has 0 aliphatic carbocycles. The van der Waals surface area contributed by atoms with Gasteiger partial charge in [-0.2, -0.15) is 0 Å².